The van der Waals surface area contributed by atoms with Gasteiger partial charge >= 0.3 is 0 Å². The van der Waals surface area contributed by atoms with Crippen molar-refractivity contribution in [3.05, 3.63) is 24.8 Å². The van der Waals surface area contributed by atoms with Gasteiger partial charge in [-0.05, 0) is 6.08 Å². The van der Waals surface area contributed by atoms with Crippen molar-refractivity contribution in [1.29, 1.82) is 0 Å². The van der Waals surface area contributed by atoms with Crippen LogP contribution >= 0.6 is 0 Å². The Balaban J connectivity index is 3.25. The smallest absolute Gasteiger partial charge is 0.171 e. The van der Waals surface area contributed by atoms with Crippen LogP contribution in [0.3, 0.4) is 0 Å². The second kappa shape index (κ2) is 3.59. The quantitative estimate of drug-likeness (QED) is 0.380. The molecule has 2 heteroatoms. The largest absolute Gasteiger partial charge is 0.365 e. The average Bonchev–Trinajstić information content (AvgIpc) is 1.61. The summed E-state index contributed by atoms with van der Waals surface area (Å²) < 4.78 is 0. The van der Waals surface area contributed by atoms with E-state index in [-0.39, 0.29) is 0 Å². The molecule has 0 fully saturated rings. The molecule has 0 aromatic rings. The van der Waals surface area contributed by atoms with Gasteiger partial charge in [-0.1, -0.05) is 18.7 Å². The summed E-state index contributed by atoms with van der Waals surface area (Å²) in [6.07, 6.45) is 2.80. The van der Waals surface area contributed by atoms with E-state index >= 15 is 0 Å². The van der Waals surface area contributed by atoms with Crippen molar-refractivity contribution in [2.24, 2.45) is 0 Å². The molecule has 0 unspecified atom stereocenters. The predicted molar refractivity (Wildman–Crippen MR) is 27.6 cm³/mol. The third-order valence-corrected chi connectivity index (χ3v) is 0.419. The molecule has 0 saturated heterocycles. The average molecular weight is 100 g/mol. The summed E-state index contributed by atoms with van der Waals surface area (Å²) in [5.41, 5.74) is 0. The molecule has 0 aromatic heterocycles. The van der Waals surface area contributed by atoms with Crippen LogP contribution in [0.5, 0.6) is 0 Å². The highest BCUT2D eigenvalue weighted by molar-refractivity contribution is 4.97. The summed E-state index contributed by atoms with van der Waals surface area (Å²) >= 11 is 0. The normalized spacial score (nSPS) is 10.7. The highest BCUT2D eigenvalue weighted by Gasteiger charge is 1.80. The maximum atomic E-state index is 8.10. The van der Waals surface area contributed by atoms with E-state index in [9.17, 15) is 0 Å². The molecular weight excluding hydrogens is 92.1 g/mol. The minimum absolute atomic E-state index is 1.22. The fourth-order valence-corrected chi connectivity index (χ4v) is 0.178. The molecule has 0 rings (SSSR count). The number of aliphatic hydroxyl groups excluding tert-OH is 1. The summed E-state index contributed by atoms with van der Waals surface area (Å²) in [7, 11) is 0. The first kappa shape index (κ1) is 6.40. The fraction of sp³-hybridized carbons (Fsp3) is 0.200. The molecule has 2 N–H and O–H groups in total. The van der Waals surface area contributed by atoms with Crippen LogP contribution in [0.25, 0.3) is 0 Å². The van der Waals surface area contributed by atoms with Crippen LogP contribution in [0.1, 0.15) is 0 Å². The minimum Gasteiger partial charge on any atom is -0.365 e. The van der Waals surface area contributed by atoms with Gasteiger partial charge < -0.3 is 10.2 Å². The van der Waals surface area contributed by atoms with Gasteiger partial charge in [0.2, 0.25) is 0 Å². The van der Waals surface area contributed by atoms with Crippen molar-refractivity contribution in [2.45, 2.75) is 6.29 Å². The van der Waals surface area contributed by atoms with Crippen molar-refractivity contribution < 1.29 is 10.2 Å². The van der Waals surface area contributed by atoms with Crippen LogP contribution in [0, 0.1) is 0 Å². The Bertz CT molecular complexity index is 74.1. The first-order chi connectivity index (χ1) is 3.27. The SMILES string of the molecule is C=C/C=C/C(O)O. The van der Waals surface area contributed by atoms with Crippen LogP contribution in [-0.4, -0.2) is 16.5 Å². The zero-order chi connectivity index (χ0) is 5.70. The summed E-state index contributed by atoms with van der Waals surface area (Å²) in [6.45, 7) is 3.32. The van der Waals surface area contributed by atoms with Crippen molar-refractivity contribution in [3.8, 4) is 0 Å². The molecule has 7 heavy (non-hydrogen) atoms. The van der Waals surface area contributed by atoms with Crippen LogP contribution < -0.4 is 0 Å². The van der Waals surface area contributed by atoms with E-state index in [0.29, 0.717) is 0 Å². The van der Waals surface area contributed by atoms with Crippen molar-refractivity contribution in [3.63, 3.8) is 0 Å². The second-order valence-electron chi connectivity index (χ2n) is 1.03. The van der Waals surface area contributed by atoms with Crippen LogP contribution in [0.2, 0.25) is 0 Å². The lowest BCUT2D eigenvalue weighted by Crippen LogP contribution is -1.96. The summed E-state index contributed by atoms with van der Waals surface area (Å²) in [6, 6.07) is 0. The van der Waals surface area contributed by atoms with Gasteiger partial charge in [0.15, 0.2) is 6.29 Å². The van der Waals surface area contributed by atoms with Crippen LogP contribution in [0.15, 0.2) is 24.8 Å². The lowest BCUT2D eigenvalue weighted by atomic mass is 10.5. The first-order valence-corrected chi connectivity index (χ1v) is 1.92. The third-order valence-electron chi connectivity index (χ3n) is 0.419. The standard InChI is InChI=1S/C5H8O2/c1-2-3-4-5(6)7/h2-7H,1H2/b4-3+. The molecule has 0 spiro atoms. The van der Waals surface area contributed by atoms with E-state index in [4.69, 9.17) is 10.2 Å². The van der Waals surface area contributed by atoms with Crippen LogP contribution in [0.4, 0.5) is 0 Å². The zero-order valence-corrected chi connectivity index (χ0v) is 3.91. The van der Waals surface area contributed by atoms with Gasteiger partial charge in [-0.3, -0.25) is 0 Å². The van der Waals surface area contributed by atoms with E-state index in [1.165, 1.54) is 18.2 Å². The van der Waals surface area contributed by atoms with Gasteiger partial charge in [0.1, 0.15) is 0 Å². The number of hydrogen-bond acceptors (Lipinski definition) is 2. The van der Waals surface area contributed by atoms with Gasteiger partial charge in [0.25, 0.3) is 0 Å². The highest BCUT2D eigenvalue weighted by atomic mass is 16.5. The lowest BCUT2D eigenvalue weighted by molar-refractivity contribution is 0.00239. The van der Waals surface area contributed by atoms with Crippen molar-refractivity contribution in [2.75, 3.05) is 0 Å². The maximum absolute atomic E-state index is 8.10. The van der Waals surface area contributed by atoms with E-state index < -0.39 is 6.29 Å². The van der Waals surface area contributed by atoms with Crippen molar-refractivity contribution in [1.82, 2.24) is 0 Å². The molecule has 2 nitrogen and oxygen atoms in total. The zero-order valence-electron chi connectivity index (χ0n) is 3.91. The summed E-state index contributed by atoms with van der Waals surface area (Å²) in [4.78, 5) is 0. The summed E-state index contributed by atoms with van der Waals surface area (Å²) in [5, 5.41) is 16.2. The molecule has 40 valence electrons. The molecular formula is C5H8O2. The molecule has 0 amide bonds. The Labute approximate surface area is 42.4 Å². The molecule has 0 bridgehead atoms. The van der Waals surface area contributed by atoms with E-state index in [1.54, 1.807) is 0 Å². The number of rotatable bonds is 2. The van der Waals surface area contributed by atoms with Gasteiger partial charge in [-0.15, -0.1) is 0 Å². The van der Waals surface area contributed by atoms with Crippen LogP contribution in [-0.2, 0) is 0 Å². The Hall–Kier alpha value is -0.600. The Morgan fingerprint density at radius 3 is 2.14 bits per heavy atom. The van der Waals surface area contributed by atoms with Crippen molar-refractivity contribution >= 4 is 0 Å². The molecule has 0 aliphatic rings. The lowest BCUT2D eigenvalue weighted by Gasteiger charge is -1.87. The highest BCUT2D eigenvalue weighted by Crippen LogP contribution is 1.77. The number of allylic oxidation sites excluding steroid dienone is 2. The van der Waals surface area contributed by atoms with E-state index in [0.717, 1.165) is 0 Å². The van der Waals surface area contributed by atoms with Gasteiger partial charge in [0.05, 0.1) is 0 Å². The molecule has 0 radical (unpaired) electrons. The molecule has 0 atom stereocenters. The van der Waals surface area contributed by atoms with E-state index in [1.807, 2.05) is 0 Å². The molecule has 0 aliphatic heterocycles. The fourth-order valence-electron chi connectivity index (χ4n) is 0.178. The second-order valence-corrected chi connectivity index (χ2v) is 1.03. The maximum Gasteiger partial charge on any atom is 0.171 e. The first-order valence-electron chi connectivity index (χ1n) is 1.92. The molecule has 0 heterocycles. The minimum atomic E-state index is -1.35. The molecule has 0 saturated carbocycles. The Morgan fingerprint density at radius 1 is 1.43 bits per heavy atom. The third kappa shape index (κ3) is 5.40. The van der Waals surface area contributed by atoms with Gasteiger partial charge in [-0.2, -0.15) is 0 Å². The topological polar surface area (TPSA) is 40.5 Å². The predicted octanol–water partition coefficient (Wildman–Crippen LogP) is 0.0393. The van der Waals surface area contributed by atoms with Gasteiger partial charge in [-0.25, -0.2) is 0 Å². The Kier molecular flexibility index (Phi) is 3.28. The van der Waals surface area contributed by atoms with E-state index in [2.05, 4.69) is 6.58 Å². The monoisotopic (exact) mass is 100 g/mol. The Morgan fingerprint density at radius 2 is 2.00 bits per heavy atom. The van der Waals surface area contributed by atoms with Gasteiger partial charge in [0, 0.05) is 0 Å². The molecule has 0 aromatic carbocycles. The molecule has 0 aliphatic carbocycles. The number of aliphatic hydroxyl groups is 2. The number of hydrogen-bond donors (Lipinski definition) is 2. The summed E-state index contributed by atoms with van der Waals surface area (Å²) in [5.74, 6) is 0.